The summed E-state index contributed by atoms with van der Waals surface area (Å²) in [7, 11) is 0. The summed E-state index contributed by atoms with van der Waals surface area (Å²) < 4.78 is 6.16. The highest BCUT2D eigenvalue weighted by molar-refractivity contribution is 6.21. The van der Waals surface area contributed by atoms with E-state index in [1.54, 1.807) is 0 Å². The van der Waals surface area contributed by atoms with E-state index in [9.17, 15) is 19.8 Å². The van der Waals surface area contributed by atoms with Crippen LogP contribution in [0.1, 0.15) is 131 Å². The minimum atomic E-state index is -0.852. The van der Waals surface area contributed by atoms with Gasteiger partial charge in [0.15, 0.2) is 5.76 Å². The van der Waals surface area contributed by atoms with Crippen molar-refractivity contribution in [2.75, 3.05) is 0 Å². The van der Waals surface area contributed by atoms with Crippen molar-refractivity contribution in [2.24, 2.45) is 26.8 Å². The first kappa shape index (κ1) is 42.3. The number of carbonyl (C=O) groups is 2. The number of allylic oxidation sites excluding steroid dienone is 17. The minimum Gasteiger partial charge on any atom is -0.511 e. The third-order valence-electron chi connectivity index (χ3n) is 11.9. The van der Waals surface area contributed by atoms with Gasteiger partial charge in [-0.1, -0.05) is 70.1 Å². The molecule has 6 aliphatic rings. The molecule has 9 nitrogen and oxygen atoms in total. The van der Waals surface area contributed by atoms with Crippen LogP contribution in [-0.2, 0) is 14.3 Å². The molecule has 0 saturated carbocycles. The van der Waals surface area contributed by atoms with Crippen molar-refractivity contribution in [3.05, 3.63) is 128 Å². The number of nitrogens with one attached hydrogen (secondary N) is 1. The molecule has 1 aliphatic carbocycles. The van der Waals surface area contributed by atoms with Gasteiger partial charge in [0.1, 0.15) is 11.5 Å². The lowest BCUT2D eigenvalue weighted by Crippen LogP contribution is -2.15. The van der Waals surface area contributed by atoms with E-state index >= 15 is 0 Å². The number of aliphatic hydroxyl groups excluding tert-OH is 1. The number of unbranched alkanes of at least 4 members (excludes halogenated alkanes) is 5. The first-order valence-corrected chi connectivity index (χ1v) is 21.4. The van der Waals surface area contributed by atoms with Crippen LogP contribution in [-0.4, -0.2) is 39.3 Å². The van der Waals surface area contributed by atoms with Crippen molar-refractivity contribution < 1.29 is 24.5 Å². The molecule has 0 aromatic rings. The van der Waals surface area contributed by atoms with Gasteiger partial charge in [0, 0.05) is 59.2 Å². The van der Waals surface area contributed by atoms with E-state index in [4.69, 9.17) is 19.7 Å². The topological polar surface area (TPSA) is 133 Å². The van der Waals surface area contributed by atoms with Crippen LogP contribution in [0.25, 0.3) is 0 Å². The van der Waals surface area contributed by atoms with Crippen LogP contribution >= 0.6 is 0 Å². The molecule has 6 rings (SSSR count). The Morgan fingerprint density at radius 1 is 0.828 bits per heavy atom. The number of rotatable bonds is 18. The molecule has 2 atom stereocenters. The SMILES string of the molecule is CC/C=C/C/C=C/CC/C=C/CCCCCCC(=O)OC1=C(C)C2=NC1=CC1=NC(=CC3=C(C)C4=C(O)CC(=C5NC(=C2)[C@@H](C)[C@@H]5CCC(=O)O)C4=N3)C(CC)=C1C. The van der Waals surface area contributed by atoms with Crippen LogP contribution in [0.15, 0.2) is 143 Å². The Labute approximate surface area is 344 Å². The first-order valence-electron chi connectivity index (χ1n) is 21.4. The average molecular weight is 785 g/mol. The van der Waals surface area contributed by atoms with Crippen LogP contribution in [0.4, 0.5) is 0 Å². The minimum absolute atomic E-state index is 0.0133. The number of fused-ring (bicyclic) bond motifs is 5. The average Bonchev–Trinajstić information content (AvgIpc) is 3.95. The fourth-order valence-electron chi connectivity index (χ4n) is 8.52. The van der Waals surface area contributed by atoms with E-state index in [-0.39, 0.29) is 30.0 Å². The number of carboxylic acids is 1. The van der Waals surface area contributed by atoms with Gasteiger partial charge < -0.3 is 20.3 Å². The van der Waals surface area contributed by atoms with Crippen LogP contribution in [0.3, 0.4) is 0 Å². The molecule has 0 amide bonds. The van der Waals surface area contributed by atoms with Crippen LogP contribution in [0, 0.1) is 11.8 Å². The third-order valence-corrected chi connectivity index (χ3v) is 11.9. The highest BCUT2D eigenvalue weighted by Gasteiger charge is 2.41. The first-order chi connectivity index (χ1) is 28.0. The molecule has 58 heavy (non-hydrogen) atoms. The number of aliphatic imine (C=N–C) groups is 3. The smallest absolute Gasteiger partial charge is 0.311 e. The van der Waals surface area contributed by atoms with Crippen molar-refractivity contribution in [2.45, 2.75) is 131 Å². The Balaban J connectivity index is 1.20. The molecule has 0 aromatic carbocycles. The molecule has 1 saturated heterocycles. The molecule has 0 radical (unpaired) electrons. The van der Waals surface area contributed by atoms with E-state index in [0.717, 1.165) is 132 Å². The maximum absolute atomic E-state index is 13.4. The number of esters is 1. The predicted molar refractivity (Wildman–Crippen MR) is 234 cm³/mol. The van der Waals surface area contributed by atoms with Gasteiger partial charge in [0.2, 0.25) is 0 Å². The molecule has 5 aliphatic heterocycles. The van der Waals surface area contributed by atoms with Crippen molar-refractivity contribution in [3.8, 4) is 0 Å². The Morgan fingerprint density at radius 3 is 2.29 bits per heavy atom. The summed E-state index contributed by atoms with van der Waals surface area (Å²) in [6.07, 6.45) is 30.3. The molecule has 306 valence electrons. The second-order valence-electron chi connectivity index (χ2n) is 15.9. The summed E-state index contributed by atoms with van der Waals surface area (Å²) in [4.78, 5) is 40.4. The molecule has 3 N–H and O–H groups in total. The van der Waals surface area contributed by atoms with Gasteiger partial charge in [-0.15, -0.1) is 0 Å². The lowest BCUT2D eigenvalue weighted by molar-refractivity contribution is -0.139. The standard InChI is InChI=1S/C49H60N4O5/c1-7-9-10-11-12-13-14-15-16-17-18-19-20-21-22-23-45(57)58-49-33(6)40-27-38-31(4)35(24-25-44(55)56)47(52-38)36-26-43(54)46-32(5)39(53-48(36)46)28-41-34(8-2)30(3)37(50-41)29-42(49)51-40/h9-10,12-13,16-17,27-29,31,35,52,54H,7-8,11,14-15,18-26H2,1-6H3,(H,55,56)/b10-9+,13-12+,17-16+,38-27?,41-28?,42-29?,47-36?/t31-,35-/m0/s1. The second kappa shape index (κ2) is 19.4. The summed E-state index contributed by atoms with van der Waals surface area (Å²) in [6, 6.07) is 0. The molecule has 9 heteroatoms. The van der Waals surface area contributed by atoms with Crippen molar-refractivity contribution in [1.82, 2.24) is 5.32 Å². The second-order valence-corrected chi connectivity index (χ2v) is 15.9. The maximum atomic E-state index is 13.4. The van der Waals surface area contributed by atoms with E-state index < -0.39 is 5.97 Å². The van der Waals surface area contributed by atoms with E-state index in [0.29, 0.717) is 36.4 Å². The monoisotopic (exact) mass is 784 g/mol. The molecule has 1 fully saturated rings. The maximum Gasteiger partial charge on any atom is 0.311 e. The normalized spacial score (nSPS) is 21.6. The van der Waals surface area contributed by atoms with Gasteiger partial charge in [0.05, 0.1) is 28.5 Å². The van der Waals surface area contributed by atoms with Crippen molar-refractivity contribution in [3.63, 3.8) is 0 Å². The zero-order valence-corrected chi connectivity index (χ0v) is 35.2. The molecule has 0 aromatic heterocycles. The van der Waals surface area contributed by atoms with E-state index in [1.807, 2.05) is 32.1 Å². The summed E-state index contributed by atoms with van der Waals surface area (Å²) >= 11 is 0. The van der Waals surface area contributed by atoms with Crippen LogP contribution in [0.2, 0.25) is 0 Å². The lowest BCUT2D eigenvalue weighted by atomic mass is 9.86. The molecule has 0 spiro atoms. The summed E-state index contributed by atoms with van der Waals surface area (Å²) in [5.74, 6) is -0.623. The van der Waals surface area contributed by atoms with Gasteiger partial charge in [-0.3, -0.25) is 9.59 Å². The third kappa shape index (κ3) is 9.52. The van der Waals surface area contributed by atoms with Gasteiger partial charge in [-0.25, -0.2) is 15.0 Å². The molecular formula is C49H60N4O5. The van der Waals surface area contributed by atoms with Gasteiger partial charge >= 0.3 is 11.9 Å². The quantitative estimate of drug-likeness (QED) is 0.0720. The Morgan fingerprint density at radius 2 is 1.53 bits per heavy atom. The molecular weight excluding hydrogens is 725 g/mol. The number of hydrogen-bond acceptors (Lipinski definition) is 8. The van der Waals surface area contributed by atoms with Crippen LogP contribution < -0.4 is 5.32 Å². The predicted octanol–water partition coefficient (Wildman–Crippen LogP) is 11.6. The molecule has 8 bridgehead atoms. The molecule has 5 heterocycles. The summed E-state index contributed by atoms with van der Waals surface area (Å²) in [5.41, 5.74) is 11.4. The van der Waals surface area contributed by atoms with E-state index in [1.165, 1.54) is 0 Å². The van der Waals surface area contributed by atoms with Gasteiger partial charge in [-0.05, 0) is 114 Å². The fourth-order valence-corrected chi connectivity index (χ4v) is 8.52. The fraction of sp³-hybridized carbons (Fsp3) is 0.449. The summed E-state index contributed by atoms with van der Waals surface area (Å²) in [5, 5.41) is 24.6. The molecule has 0 unspecified atom stereocenters. The Bertz CT molecular complexity index is 2150. The number of aliphatic carboxylic acids is 1. The Kier molecular flexibility index (Phi) is 14.2. The Hall–Kier alpha value is -5.31. The summed E-state index contributed by atoms with van der Waals surface area (Å²) in [6.45, 7) is 12.3. The number of carbonyl (C=O) groups excluding carboxylic acids is 1. The number of nitrogens with zero attached hydrogens (tertiary/aromatic N) is 3. The zero-order valence-electron chi connectivity index (χ0n) is 35.2. The zero-order chi connectivity index (χ0) is 41.3. The largest absolute Gasteiger partial charge is 0.511 e. The number of aliphatic hydroxyl groups is 1. The van der Waals surface area contributed by atoms with Gasteiger partial charge in [-0.2, -0.15) is 0 Å². The highest BCUT2D eigenvalue weighted by Crippen LogP contribution is 2.46. The lowest BCUT2D eigenvalue weighted by Gasteiger charge is -2.17. The number of hydrogen-bond donors (Lipinski definition) is 3. The number of ether oxygens (including phenoxy) is 1. The van der Waals surface area contributed by atoms with Crippen molar-refractivity contribution in [1.29, 1.82) is 0 Å². The van der Waals surface area contributed by atoms with E-state index in [2.05, 4.69) is 69.5 Å². The van der Waals surface area contributed by atoms with Gasteiger partial charge in [0.25, 0.3) is 0 Å². The highest BCUT2D eigenvalue weighted by atomic mass is 16.5. The number of carboxylic acid groups (broad SMARTS) is 1. The van der Waals surface area contributed by atoms with Crippen molar-refractivity contribution >= 4 is 29.1 Å². The van der Waals surface area contributed by atoms with Crippen LogP contribution in [0.5, 0.6) is 0 Å².